The summed E-state index contributed by atoms with van der Waals surface area (Å²) < 4.78 is 5.62. The van der Waals surface area contributed by atoms with Gasteiger partial charge in [0, 0.05) is 5.69 Å². The molecule has 2 amide bonds. The number of ether oxygens (including phenoxy) is 1. The van der Waals surface area contributed by atoms with E-state index in [-0.39, 0.29) is 18.4 Å². The van der Waals surface area contributed by atoms with Gasteiger partial charge in [-0.15, -0.1) is 0 Å². The van der Waals surface area contributed by atoms with Gasteiger partial charge < -0.3 is 10.1 Å². The molecule has 0 aliphatic carbocycles. The van der Waals surface area contributed by atoms with Gasteiger partial charge in [-0.05, 0) is 43.0 Å². The molecule has 5 nitrogen and oxygen atoms in total. The van der Waals surface area contributed by atoms with Gasteiger partial charge in [-0.1, -0.05) is 44.2 Å². The molecule has 3 rings (SSSR count). The van der Waals surface area contributed by atoms with E-state index in [1.54, 1.807) is 13.0 Å². The summed E-state index contributed by atoms with van der Waals surface area (Å²) in [6.45, 7) is 5.79. The van der Waals surface area contributed by atoms with Gasteiger partial charge >= 0.3 is 0 Å². The molecule has 0 spiro atoms. The second kappa shape index (κ2) is 7.60. The number of amides is 2. The third-order valence-corrected chi connectivity index (χ3v) is 4.64. The highest BCUT2D eigenvalue weighted by atomic mass is 16.5. The number of benzene rings is 2. The maximum Gasteiger partial charge on any atom is 0.268 e. The maximum absolute atomic E-state index is 12.7. The van der Waals surface area contributed by atoms with Crippen molar-refractivity contribution in [2.75, 3.05) is 16.8 Å². The Morgan fingerprint density at radius 3 is 2.38 bits per heavy atom. The number of carbonyl (C=O) groups excluding carboxylic acids is 2. The maximum atomic E-state index is 12.7. The number of hydrogen-bond acceptors (Lipinski definition) is 3. The van der Waals surface area contributed by atoms with Crippen molar-refractivity contribution in [3.05, 3.63) is 53.6 Å². The fraction of sp³-hybridized carbons (Fsp3) is 0.333. The van der Waals surface area contributed by atoms with Gasteiger partial charge in [0.2, 0.25) is 5.91 Å². The van der Waals surface area contributed by atoms with Crippen LogP contribution in [0.1, 0.15) is 31.9 Å². The number of aryl methyl sites for hydroxylation is 2. The van der Waals surface area contributed by atoms with E-state index in [0.717, 1.165) is 29.7 Å². The van der Waals surface area contributed by atoms with E-state index in [1.165, 1.54) is 4.90 Å². The summed E-state index contributed by atoms with van der Waals surface area (Å²) in [5.74, 6) is 0.201. The molecule has 1 aliphatic rings. The molecule has 0 bridgehead atoms. The lowest BCUT2D eigenvalue weighted by atomic mass is 10.0. The minimum Gasteiger partial charge on any atom is -0.479 e. The molecule has 136 valence electrons. The van der Waals surface area contributed by atoms with Crippen molar-refractivity contribution in [2.45, 2.75) is 39.7 Å². The molecule has 1 N–H and O–H groups in total. The van der Waals surface area contributed by atoms with Crippen molar-refractivity contribution in [1.29, 1.82) is 0 Å². The average molecular weight is 352 g/mol. The van der Waals surface area contributed by atoms with Gasteiger partial charge in [-0.3, -0.25) is 14.5 Å². The predicted octanol–water partition coefficient (Wildman–Crippen LogP) is 3.56. The van der Waals surface area contributed by atoms with Crippen LogP contribution in [0.4, 0.5) is 11.4 Å². The summed E-state index contributed by atoms with van der Waals surface area (Å²) in [5, 5.41) is 3.02. The minimum absolute atomic E-state index is 0.0370. The molecule has 0 fully saturated rings. The Bertz CT molecular complexity index is 810. The number of para-hydroxylation sites is 3. The Morgan fingerprint density at radius 1 is 1.08 bits per heavy atom. The summed E-state index contributed by atoms with van der Waals surface area (Å²) in [4.78, 5) is 26.8. The largest absolute Gasteiger partial charge is 0.479 e. The Kier molecular flexibility index (Phi) is 5.26. The molecule has 0 saturated heterocycles. The van der Waals surface area contributed by atoms with E-state index in [4.69, 9.17) is 4.74 Å². The third kappa shape index (κ3) is 3.43. The minimum atomic E-state index is -0.605. The van der Waals surface area contributed by atoms with Crippen LogP contribution in [0.15, 0.2) is 42.5 Å². The molecule has 0 aromatic heterocycles. The highest BCUT2D eigenvalue weighted by Gasteiger charge is 2.32. The number of nitrogens with one attached hydrogen (secondary N) is 1. The molecule has 5 heteroatoms. The summed E-state index contributed by atoms with van der Waals surface area (Å²) in [7, 11) is 0. The van der Waals surface area contributed by atoms with Crippen molar-refractivity contribution in [2.24, 2.45) is 0 Å². The van der Waals surface area contributed by atoms with E-state index in [1.807, 2.05) is 36.4 Å². The number of fused-ring (bicyclic) bond motifs is 1. The third-order valence-electron chi connectivity index (χ3n) is 4.64. The van der Waals surface area contributed by atoms with Gasteiger partial charge in [-0.25, -0.2) is 0 Å². The number of carbonyl (C=O) groups is 2. The molecule has 0 radical (unpaired) electrons. The number of rotatable bonds is 5. The zero-order valence-electron chi connectivity index (χ0n) is 15.4. The molecule has 1 atom stereocenters. The molecular weight excluding hydrogens is 328 g/mol. The Hall–Kier alpha value is -2.82. The van der Waals surface area contributed by atoms with Crippen LogP contribution in [0.25, 0.3) is 0 Å². The van der Waals surface area contributed by atoms with Crippen LogP contribution < -0.4 is 15.0 Å². The van der Waals surface area contributed by atoms with E-state index in [0.29, 0.717) is 11.4 Å². The van der Waals surface area contributed by atoms with Crippen LogP contribution in [0, 0.1) is 0 Å². The first kappa shape index (κ1) is 18.0. The van der Waals surface area contributed by atoms with E-state index < -0.39 is 6.10 Å². The normalized spacial score (nSPS) is 16.0. The summed E-state index contributed by atoms with van der Waals surface area (Å²) >= 11 is 0. The van der Waals surface area contributed by atoms with Gasteiger partial charge in [0.1, 0.15) is 12.3 Å². The average Bonchev–Trinajstić information content (AvgIpc) is 2.65. The van der Waals surface area contributed by atoms with Crippen molar-refractivity contribution in [3.63, 3.8) is 0 Å². The first-order chi connectivity index (χ1) is 12.5. The van der Waals surface area contributed by atoms with Gasteiger partial charge in [0.05, 0.1) is 5.69 Å². The van der Waals surface area contributed by atoms with Crippen LogP contribution in [0.3, 0.4) is 0 Å². The van der Waals surface area contributed by atoms with Crippen LogP contribution in [-0.4, -0.2) is 24.5 Å². The Labute approximate surface area is 154 Å². The van der Waals surface area contributed by atoms with Gasteiger partial charge in [0.15, 0.2) is 6.10 Å². The first-order valence-electron chi connectivity index (χ1n) is 9.02. The van der Waals surface area contributed by atoms with Crippen molar-refractivity contribution in [3.8, 4) is 5.75 Å². The molecule has 2 aromatic rings. The van der Waals surface area contributed by atoms with Gasteiger partial charge in [-0.2, -0.15) is 0 Å². The summed E-state index contributed by atoms with van der Waals surface area (Å²) in [6.07, 6.45) is 1.06. The second-order valence-electron chi connectivity index (χ2n) is 6.36. The van der Waals surface area contributed by atoms with Crippen LogP contribution >= 0.6 is 0 Å². The highest BCUT2D eigenvalue weighted by Crippen LogP contribution is 2.33. The number of anilines is 2. The molecule has 1 heterocycles. The number of nitrogens with zero attached hydrogens (tertiary/aromatic N) is 1. The smallest absolute Gasteiger partial charge is 0.268 e. The quantitative estimate of drug-likeness (QED) is 0.895. The highest BCUT2D eigenvalue weighted by molar-refractivity contribution is 6.06. The molecule has 1 aliphatic heterocycles. The van der Waals surface area contributed by atoms with Crippen LogP contribution in [0.5, 0.6) is 5.75 Å². The fourth-order valence-corrected chi connectivity index (χ4v) is 3.25. The zero-order valence-corrected chi connectivity index (χ0v) is 15.4. The summed E-state index contributed by atoms with van der Waals surface area (Å²) in [5.41, 5.74) is 3.69. The SMILES string of the molecule is CCc1cccc(CC)c1NC(=O)CN1C(=O)[C@@H](C)Oc2ccccc21. The lowest BCUT2D eigenvalue weighted by molar-refractivity contribution is -0.127. The van der Waals surface area contributed by atoms with Crippen LogP contribution in [0.2, 0.25) is 0 Å². The molecule has 2 aromatic carbocycles. The van der Waals surface area contributed by atoms with E-state index in [2.05, 4.69) is 19.2 Å². The zero-order chi connectivity index (χ0) is 18.7. The standard InChI is InChI=1S/C21H24N2O3/c1-4-15-9-8-10-16(5-2)20(15)22-19(24)13-23-17-11-6-7-12-18(17)26-14(3)21(23)25/h6-12,14H,4-5,13H2,1-3H3,(H,22,24)/t14-/m1/s1. The van der Waals surface area contributed by atoms with Crippen LogP contribution in [-0.2, 0) is 22.4 Å². The Balaban J connectivity index is 1.84. The van der Waals surface area contributed by atoms with E-state index >= 15 is 0 Å². The molecule has 0 saturated carbocycles. The lowest BCUT2D eigenvalue weighted by Gasteiger charge is -2.32. The topological polar surface area (TPSA) is 58.6 Å². The molecule has 26 heavy (non-hydrogen) atoms. The summed E-state index contributed by atoms with van der Waals surface area (Å²) in [6, 6.07) is 13.3. The molecule has 0 unspecified atom stereocenters. The van der Waals surface area contributed by atoms with Gasteiger partial charge in [0.25, 0.3) is 5.91 Å². The predicted molar refractivity (Wildman–Crippen MR) is 103 cm³/mol. The van der Waals surface area contributed by atoms with Crippen molar-refractivity contribution < 1.29 is 14.3 Å². The van der Waals surface area contributed by atoms with E-state index in [9.17, 15) is 9.59 Å². The molecular formula is C21H24N2O3. The second-order valence-corrected chi connectivity index (χ2v) is 6.36. The fourth-order valence-electron chi connectivity index (χ4n) is 3.25. The first-order valence-corrected chi connectivity index (χ1v) is 9.02. The Morgan fingerprint density at radius 2 is 1.73 bits per heavy atom. The van der Waals surface area contributed by atoms with Crippen molar-refractivity contribution in [1.82, 2.24) is 0 Å². The lowest BCUT2D eigenvalue weighted by Crippen LogP contribution is -2.47. The number of hydrogen-bond donors (Lipinski definition) is 1. The monoisotopic (exact) mass is 352 g/mol. The van der Waals surface area contributed by atoms with Crippen molar-refractivity contribution >= 4 is 23.2 Å².